The average Bonchev–Trinajstić information content (AvgIpc) is 2.10. The van der Waals surface area contributed by atoms with Gasteiger partial charge in [-0.25, -0.2) is 0 Å². The quantitative estimate of drug-likeness (QED) is 0.544. The van der Waals surface area contributed by atoms with Gasteiger partial charge in [0.15, 0.2) is 0 Å². The van der Waals surface area contributed by atoms with Crippen LogP contribution in [0.4, 0.5) is 0 Å². The molecule has 1 fully saturated rings. The number of ether oxygens (including phenoxy) is 1. The SMILES string of the molecule is COC(=O)CC1(C)CNC(=O)CN1. The summed E-state index contributed by atoms with van der Waals surface area (Å²) in [6.45, 7) is 2.60. The minimum Gasteiger partial charge on any atom is -0.469 e. The van der Waals surface area contributed by atoms with Crippen molar-refractivity contribution in [2.45, 2.75) is 18.9 Å². The van der Waals surface area contributed by atoms with Crippen LogP contribution in [0, 0.1) is 0 Å². The van der Waals surface area contributed by atoms with Gasteiger partial charge in [-0.05, 0) is 6.92 Å². The third-order valence-electron chi connectivity index (χ3n) is 2.11. The van der Waals surface area contributed by atoms with E-state index in [2.05, 4.69) is 15.4 Å². The molecular formula is C8H14N2O3. The Morgan fingerprint density at radius 3 is 2.85 bits per heavy atom. The Hall–Kier alpha value is -1.10. The van der Waals surface area contributed by atoms with Gasteiger partial charge in [-0.3, -0.25) is 9.59 Å². The van der Waals surface area contributed by atoms with Crippen LogP contribution in [-0.2, 0) is 14.3 Å². The molecule has 0 spiro atoms. The number of hydrogen-bond donors (Lipinski definition) is 2. The van der Waals surface area contributed by atoms with Crippen molar-refractivity contribution in [2.75, 3.05) is 20.2 Å². The number of hydrogen-bond acceptors (Lipinski definition) is 4. The Balaban J connectivity index is 2.47. The summed E-state index contributed by atoms with van der Waals surface area (Å²) < 4.78 is 4.55. The summed E-state index contributed by atoms with van der Waals surface area (Å²) in [5.74, 6) is -0.312. The fourth-order valence-corrected chi connectivity index (χ4v) is 1.23. The van der Waals surface area contributed by atoms with Crippen molar-refractivity contribution < 1.29 is 14.3 Å². The average molecular weight is 186 g/mol. The van der Waals surface area contributed by atoms with Crippen LogP contribution < -0.4 is 10.6 Å². The minimum absolute atomic E-state index is 0.0395. The Morgan fingerprint density at radius 1 is 1.69 bits per heavy atom. The van der Waals surface area contributed by atoms with Crippen molar-refractivity contribution in [3.05, 3.63) is 0 Å². The normalized spacial score (nSPS) is 28.0. The second kappa shape index (κ2) is 3.74. The molecule has 0 aromatic rings. The van der Waals surface area contributed by atoms with E-state index in [0.29, 0.717) is 6.54 Å². The molecule has 2 N–H and O–H groups in total. The lowest BCUT2D eigenvalue weighted by Gasteiger charge is -2.33. The first kappa shape index (κ1) is 9.98. The number of methoxy groups -OCH3 is 1. The van der Waals surface area contributed by atoms with E-state index in [9.17, 15) is 9.59 Å². The fraction of sp³-hybridized carbons (Fsp3) is 0.750. The Labute approximate surface area is 76.8 Å². The highest BCUT2D eigenvalue weighted by molar-refractivity contribution is 5.80. The van der Waals surface area contributed by atoms with Crippen LogP contribution in [0.2, 0.25) is 0 Å². The molecule has 0 aromatic carbocycles. The predicted molar refractivity (Wildman–Crippen MR) is 46.1 cm³/mol. The van der Waals surface area contributed by atoms with Crippen LogP contribution in [0.5, 0.6) is 0 Å². The second-order valence-electron chi connectivity index (χ2n) is 3.44. The first-order chi connectivity index (χ1) is 6.06. The van der Waals surface area contributed by atoms with E-state index in [1.54, 1.807) is 0 Å². The smallest absolute Gasteiger partial charge is 0.307 e. The number of carbonyl (C=O) groups excluding carboxylic acids is 2. The molecule has 0 radical (unpaired) electrons. The van der Waals surface area contributed by atoms with Crippen LogP contribution >= 0.6 is 0 Å². The summed E-state index contributed by atoms with van der Waals surface area (Å²) >= 11 is 0. The molecule has 0 saturated carbocycles. The Kier molecular flexibility index (Phi) is 2.87. The lowest BCUT2D eigenvalue weighted by Crippen LogP contribution is -2.60. The molecule has 5 heteroatoms. The third-order valence-corrected chi connectivity index (χ3v) is 2.11. The van der Waals surface area contributed by atoms with E-state index in [4.69, 9.17) is 0 Å². The first-order valence-electron chi connectivity index (χ1n) is 4.14. The molecule has 1 aliphatic rings. The maximum atomic E-state index is 11.0. The van der Waals surface area contributed by atoms with Crippen molar-refractivity contribution in [1.82, 2.24) is 10.6 Å². The maximum absolute atomic E-state index is 11.0. The Bertz CT molecular complexity index is 217. The van der Waals surface area contributed by atoms with Gasteiger partial charge in [0.1, 0.15) is 0 Å². The summed E-state index contributed by atoms with van der Waals surface area (Å²) in [5.41, 5.74) is -0.374. The zero-order chi connectivity index (χ0) is 9.90. The summed E-state index contributed by atoms with van der Waals surface area (Å²) in [7, 11) is 1.35. The van der Waals surface area contributed by atoms with Gasteiger partial charge < -0.3 is 15.4 Å². The molecule has 13 heavy (non-hydrogen) atoms. The van der Waals surface area contributed by atoms with Crippen molar-refractivity contribution in [3.63, 3.8) is 0 Å². The van der Waals surface area contributed by atoms with Gasteiger partial charge in [0.25, 0.3) is 0 Å². The lowest BCUT2D eigenvalue weighted by atomic mass is 9.96. The molecule has 0 bridgehead atoms. The minimum atomic E-state index is -0.374. The summed E-state index contributed by atoms with van der Waals surface area (Å²) in [6, 6.07) is 0. The highest BCUT2D eigenvalue weighted by Crippen LogP contribution is 2.11. The molecule has 74 valence electrons. The number of esters is 1. The molecule has 1 heterocycles. The van der Waals surface area contributed by atoms with Crippen LogP contribution in [0.3, 0.4) is 0 Å². The molecule has 1 amide bonds. The molecule has 0 aromatic heterocycles. The van der Waals surface area contributed by atoms with Crippen LogP contribution in [0.25, 0.3) is 0 Å². The van der Waals surface area contributed by atoms with Crippen molar-refractivity contribution in [1.29, 1.82) is 0 Å². The van der Waals surface area contributed by atoms with Gasteiger partial charge in [-0.15, -0.1) is 0 Å². The van der Waals surface area contributed by atoms with Crippen LogP contribution in [0.1, 0.15) is 13.3 Å². The molecule has 1 aliphatic heterocycles. The topological polar surface area (TPSA) is 67.4 Å². The van der Waals surface area contributed by atoms with Gasteiger partial charge in [0.2, 0.25) is 5.91 Å². The Morgan fingerprint density at radius 2 is 2.38 bits per heavy atom. The van der Waals surface area contributed by atoms with Gasteiger partial charge >= 0.3 is 5.97 Å². The summed E-state index contributed by atoms with van der Waals surface area (Å²) in [6.07, 6.45) is 0.268. The zero-order valence-electron chi connectivity index (χ0n) is 7.85. The molecule has 1 unspecified atom stereocenters. The van der Waals surface area contributed by atoms with Gasteiger partial charge in [-0.2, -0.15) is 0 Å². The molecule has 5 nitrogen and oxygen atoms in total. The van der Waals surface area contributed by atoms with Gasteiger partial charge in [0.05, 0.1) is 20.1 Å². The molecule has 1 rings (SSSR count). The van der Waals surface area contributed by atoms with E-state index < -0.39 is 0 Å². The monoisotopic (exact) mass is 186 g/mol. The van der Waals surface area contributed by atoms with Crippen LogP contribution in [-0.4, -0.2) is 37.6 Å². The number of carbonyl (C=O) groups is 2. The number of nitrogens with one attached hydrogen (secondary N) is 2. The molecular weight excluding hydrogens is 172 g/mol. The van der Waals surface area contributed by atoms with Crippen LogP contribution in [0.15, 0.2) is 0 Å². The van der Waals surface area contributed by atoms with E-state index in [-0.39, 0.29) is 30.4 Å². The van der Waals surface area contributed by atoms with E-state index in [1.807, 2.05) is 6.92 Å². The largest absolute Gasteiger partial charge is 0.469 e. The van der Waals surface area contributed by atoms with Crippen molar-refractivity contribution >= 4 is 11.9 Å². The van der Waals surface area contributed by atoms with Gasteiger partial charge in [-0.1, -0.05) is 0 Å². The molecule has 1 atom stereocenters. The zero-order valence-corrected chi connectivity index (χ0v) is 7.85. The molecule has 1 saturated heterocycles. The fourth-order valence-electron chi connectivity index (χ4n) is 1.23. The standard InChI is InChI=1S/C8H14N2O3/c1-8(3-7(12)13-2)5-9-6(11)4-10-8/h10H,3-5H2,1-2H3,(H,9,11). The van der Waals surface area contributed by atoms with E-state index in [0.717, 1.165) is 0 Å². The van der Waals surface area contributed by atoms with Crippen molar-refractivity contribution in [3.8, 4) is 0 Å². The van der Waals surface area contributed by atoms with E-state index >= 15 is 0 Å². The highest BCUT2D eigenvalue weighted by atomic mass is 16.5. The number of piperazine rings is 1. The molecule has 0 aliphatic carbocycles. The first-order valence-corrected chi connectivity index (χ1v) is 4.14. The van der Waals surface area contributed by atoms with E-state index in [1.165, 1.54) is 7.11 Å². The van der Waals surface area contributed by atoms with Crippen molar-refractivity contribution in [2.24, 2.45) is 0 Å². The highest BCUT2D eigenvalue weighted by Gasteiger charge is 2.31. The predicted octanol–water partition coefficient (Wildman–Crippen LogP) is -0.972. The van der Waals surface area contributed by atoms with Gasteiger partial charge in [0, 0.05) is 12.1 Å². The number of rotatable bonds is 2. The lowest BCUT2D eigenvalue weighted by molar-refractivity contribution is -0.143. The number of amides is 1. The summed E-state index contributed by atoms with van der Waals surface area (Å²) in [5, 5.41) is 5.69. The maximum Gasteiger partial charge on any atom is 0.307 e. The summed E-state index contributed by atoms with van der Waals surface area (Å²) in [4.78, 5) is 21.8. The second-order valence-corrected chi connectivity index (χ2v) is 3.44. The third kappa shape index (κ3) is 2.69.